The minimum Gasteiger partial charge on any atom is -0.481 e. The van der Waals surface area contributed by atoms with Crippen LogP contribution in [0.5, 0.6) is 0 Å². The van der Waals surface area contributed by atoms with Crippen molar-refractivity contribution in [2.75, 3.05) is 0 Å². The van der Waals surface area contributed by atoms with E-state index in [1.807, 2.05) is 13.8 Å². The maximum absolute atomic E-state index is 10.1. The van der Waals surface area contributed by atoms with Crippen LogP contribution in [0.25, 0.3) is 0 Å². The minimum absolute atomic E-state index is 0.179. The van der Waals surface area contributed by atoms with Crippen LogP contribution in [0.15, 0.2) is 0 Å². The molecule has 0 rings (SSSR count). The van der Waals surface area contributed by atoms with E-state index >= 15 is 0 Å². The molecule has 0 saturated heterocycles. The lowest BCUT2D eigenvalue weighted by Crippen LogP contribution is -2.09. The van der Waals surface area contributed by atoms with Gasteiger partial charge in [-0.25, -0.2) is 0 Å². The average Bonchev–Trinajstić information content (AvgIpc) is 2.02. The standard InChI is InChI=1S/C9H17NO2/c1-3-7(2)8(10)5-4-6-9(11)12/h7,10H,3-6H2,1-2H3,(H,11,12)/t7-/m0/s1. The van der Waals surface area contributed by atoms with Gasteiger partial charge in [0.2, 0.25) is 0 Å². The van der Waals surface area contributed by atoms with Gasteiger partial charge in [-0.05, 0) is 25.2 Å². The van der Waals surface area contributed by atoms with Gasteiger partial charge in [0, 0.05) is 12.1 Å². The monoisotopic (exact) mass is 171 g/mol. The first-order valence-electron chi connectivity index (χ1n) is 4.37. The number of carbonyl (C=O) groups is 1. The summed E-state index contributed by atoms with van der Waals surface area (Å²) < 4.78 is 0. The molecule has 2 N–H and O–H groups in total. The van der Waals surface area contributed by atoms with Gasteiger partial charge in [0.05, 0.1) is 0 Å². The van der Waals surface area contributed by atoms with Crippen LogP contribution in [0, 0.1) is 11.3 Å². The zero-order chi connectivity index (χ0) is 9.56. The minimum atomic E-state index is -0.771. The Morgan fingerprint density at radius 2 is 2.08 bits per heavy atom. The van der Waals surface area contributed by atoms with Crippen molar-refractivity contribution in [3.63, 3.8) is 0 Å². The first-order chi connectivity index (χ1) is 5.57. The molecule has 0 unspecified atom stereocenters. The Kier molecular flexibility index (Phi) is 5.34. The van der Waals surface area contributed by atoms with Crippen LogP contribution < -0.4 is 0 Å². The van der Waals surface area contributed by atoms with Crippen molar-refractivity contribution in [3.8, 4) is 0 Å². The van der Waals surface area contributed by atoms with Crippen molar-refractivity contribution >= 4 is 11.7 Å². The first kappa shape index (κ1) is 11.1. The van der Waals surface area contributed by atoms with Crippen molar-refractivity contribution in [1.82, 2.24) is 0 Å². The van der Waals surface area contributed by atoms with Crippen molar-refractivity contribution in [1.29, 1.82) is 5.41 Å². The second-order valence-corrected chi connectivity index (χ2v) is 3.08. The molecule has 0 fully saturated rings. The van der Waals surface area contributed by atoms with Crippen LogP contribution >= 0.6 is 0 Å². The second kappa shape index (κ2) is 5.75. The molecule has 3 nitrogen and oxygen atoms in total. The zero-order valence-electron chi connectivity index (χ0n) is 7.76. The van der Waals surface area contributed by atoms with Gasteiger partial charge in [-0.1, -0.05) is 13.8 Å². The molecule has 12 heavy (non-hydrogen) atoms. The van der Waals surface area contributed by atoms with E-state index in [1.54, 1.807) is 0 Å². The van der Waals surface area contributed by atoms with Gasteiger partial charge in [-0.3, -0.25) is 4.79 Å². The van der Waals surface area contributed by atoms with Crippen molar-refractivity contribution in [3.05, 3.63) is 0 Å². The van der Waals surface area contributed by atoms with E-state index in [-0.39, 0.29) is 6.42 Å². The quantitative estimate of drug-likeness (QED) is 0.602. The molecule has 0 aliphatic rings. The van der Waals surface area contributed by atoms with Crippen LogP contribution in [0.2, 0.25) is 0 Å². The van der Waals surface area contributed by atoms with E-state index in [1.165, 1.54) is 0 Å². The summed E-state index contributed by atoms with van der Waals surface area (Å²) >= 11 is 0. The molecule has 0 radical (unpaired) electrons. The number of rotatable bonds is 6. The van der Waals surface area contributed by atoms with Crippen LogP contribution in [0.4, 0.5) is 0 Å². The Balaban J connectivity index is 3.50. The molecular weight excluding hydrogens is 154 g/mol. The molecule has 0 aliphatic carbocycles. The fourth-order valence-corrected chi connectivity index (χ4v) is 0.923. The highest BCUT2D eigenvalue weighted by molar-refractivity contribution is 5.83. The van der Waals surface area contributed by atoms with Crippen molar-refractivity contribution in [2.24, 2.45) is 5.92 Å². The normalized spacial score (nSPS) is 12.5. The summed E-state index contributed by atoms with van der Waals surface area (Å²) in [6.07, 6.45) is 2.37. The smallest absolute Gasteiger partial charge is 0.303 e. The molecule has 0 bridgehead atoms. The van der Waals surface area contributed by atoms with E-state index in [0.717, 1.165) is 6.42 Å². The zero-order valence-corrected chi connectivity index (χ0v) is 7.76. The molecular formula is C9H17NO2. The summed E-state index contributed by atoms with van der Waals surface area (Å²) in [5.41, 5.74) is 0.679. The molecule has 0 amide bonds. The predicted octanol–water partition coefficient (Wildman–Crippen LogP) is 2.31. The molecule has 0 aliphatic heterocycles. The summed E-state index contributed by atoms with van der Waals surface area (Å²) in [5, 5.41) is 15.9. The second-order valence-electron chi connectivity index (χ2n) is 3.08. The maximum atomic E-state index is 10.1. The highest BCUT2D eigenvalue weighted by Gasteiger charge is 2.06. The molecule has 1 atom stereocenters. The third-order valence-electron chi connectivity index (χ3n) is 2.04. The molecule has 0 aromatic carbocycles. The summed E-state index contributed by atoms with van der Waals surface area (Å²) in [4.78, 5) is 10.1. The van der Waals surface area contributed by atoms with Crippen LogP contribution in [-0.4, -0.2) is 16.8 Å². The number of hydrogen-bond donors (Lipinski definition) is 2. The van der Waals surface area contributed by atoms with Crippen LogP contribution in [-0.2, 0) is 4.79 Å². The number of carboxylic acids is 1. The van der Waals surface area contributed by atoms with Crippen molar-refractivity contribution < 1.29 is 9.90 Å². The van der Waals surface area contributed by atoms with Gasteiger partial charge >= 0.3 is 5.97 Å². The number of carboxylic acid groups (broad SMARTS) is 1. The predicted molar refractivity (Wildman–Crippen MR) is 48.7 cm³/mol. The molecule has 0 aromatic rings. The van der Waals surface area contributed by atoms with Crippen LogP contribution in [0.3, 0.4) is 0 Å². The topological polar surface area (TPSA) is 61.2 Å². The van der Waals surface area contributed by atoms with Crippen molar-refractivity contribution in [2.45, 2.75) is 39.5 Å². The van der Waals surface area contributed by atoms with E-state index in [2.05, 4.69) is 0 Å². The van der Waals surface area contributed by atoms with E-state index in [9.17, 15) is 4.79 Å². The molecule has 0 aromatic heterocycles. The fraction of sp³-hybridized carbons (Fsp3) is 0.778. The number of aliphatic carboxylic acids is 1. The maximum Gasteiger partial charge on any atom is 0.303 e. The summed E-state index contributed by atoms with van der Waals surface area (Å²) in [6.45, 7) is 4.04. The average molecular weight is 171 g/mol. The fourth-order valence-electron chi connectivity index (χ4n) is 0.923. The highest BCUT2D eigenvalue weighted by Crippen LogP contribution is 2.08. The molecule has 3 heteroatoms. The van der Waals surface area contributed by atoms with Gasteiger partial charge in [0.15, 0.2) is 0 Å². The highest BCUT2D eigenvalue weighted by atomic mass is 16.4. The largest absolute Gasteiger partial charge is 0.481 e. The molecule has 70 valence electrons. The summed E-state index contributed by atoms with van der Waals surface area (Å²) in [5.74, 6) is -0.467. The van der Waals surface area contributed by atoms with Crippen LogP contribution in [0.1, 0.15) is 39.5 Å². The van der Waals surface area contributed by atoms with Gasteiger partial charge in [-0.2, -0.15) is 0 Å². The Morgan fingerprint density at radius 1 is 1.50 bits per heavy atom. The molecule has 0 heterocycles. The van der Waals surface area contributed by atoms with Gasteiger partial charge in [0.25, 0.3) is 0 Å². The molecule has 0 saturated carbocycles. The molecule has 0 spiro atoms. The third kappa shape index (κ3) is 4.88. The Bertz CT molecular complexity index is 166. The first-order valence-corrected chi connectivity index (χ1v) is 4.37. The SMILES string of the molecule is CC[C@H](C)C(=N)CCCC(=O)O. The third-order valence-corrected chi connectivity index (χ3v) is 2.04. The Labute approximate surface area is 73.3 Å². The van der Waals surface area contributed by atoms with E-state index < -0.39 is 5.97 Å². The van der Waals surface area contributed by atoms with E-state index in [0.29, 0.717) is 24.5 Å². The van der Waals surface area contributed by atoms with E-state index in [4.69, 9.17) is 10.5 Å². The lowest BCUT2D eigenvalue weighted by molar-refractivity contribution is -0.137. The Hall–Kier alpha value is -0.860. The number of nitrogens with one attached hydrogen (secondary N) is 1. The Morgan fingerprint density at radius 3 is 2.50 bits per heavy atom. The summed E-state index contributed by atoms with van der Waals surface area (Å²) in [7, 11) is 0. The lowest BCUT2D eigenvalue weighted by atomic mass is 9.98. The summed E-state index contributed by atoms with van der Waals surface area (Å²) in [6, 6.07) is 0. The van der Waals surface area contributed by atoms with Gasteiger partial charge in [0.1, 0.15) is 0 Å². The number of hydrogen-bond acceptors (Lipinski definition) is 2. The lowest BCUT2D eigenvalue weighted by Gasteiger charge is -2.08. The van der Waals surface area contributed by atoms with Gasteiger partial charge < -0.3 is 10.5 Å². The van der Waals surface area contributed by atoms with Gasteiger partial charge in [-0.15, -0.1) is 0 Å².